The third kappa shape index (κ3) is 2.89. The molecule has 1 aromatic heterocycles. The van der Waals surface area contributed by atoms with E-state index in [9.17, 15) is 9.59 Å². The Labute approximate surface area is 156 Å². The molecule has 0 spiro atoms. The molecule has 2 aliphatic rings. The normalized spacial score (nSPS) is 23.0. The van der Waals surface area contributed by atoms with Crippen molar-refractivity contribution in [3.63, 3.8) is 0 Å². The van der Waals surface area contributed by atoms with Gasteiger partial charge in [0.2, 0.25) is 11.0 Å². The van der Waals surface area contributed by atoms with Crippen molar-refractivity contribution in [2.24, 2.45) is 5.73 Å². The highest BCUT2D eigenvalue weighted by atomic mass is 32.2. The van der Waals surface area contributed by atoms with Crippen LogP contribution in [0.4, 0.5) is 0 Å². The van der Waals surface area contributed by atoms with Crippen molar-refractivity contribution in [2.75, 3.05) is 19.5 Å². The number of nitrogens with zero attached hydrogens (tertiary/aromatic N) is 2. The summed E-state index contributed by atoms with van der Waals surface area (Å²) < 4.78 is 6.91. The number of nitrogens with two attached hydrogens (primary N) is 1. The highest BCUT2D eigenvalue weighted by Crippen LogP contribution is 2.42. The van der Waals surface area contributed by atoms with Gasteiger partial charge >= 0.3 is 0 Å². The number of amides is 1. The van der Waals surface area contributed by atoms with E-state index in [0.717, 1.165) is 27.6 Å². The van der Waals surface area contributed by atoms with E-state index in [2.05, 4.69) is 4.98 Å². The van der Waals surface area contributed by atoms with Crippen molar-refractivity contribution in [1.82, 2.24) is 9.88 Å². The SMILES string of the molecule is COCC1=C(C(=O)Sc2nc3ccccc3s2)N2C(=O)C(N)[C@H]2SC1. The number of β-lactam (4-membered cyclic amide) rings is 1. The first-order valence-corrected chi connectivity index (χ1v) is 10.3. The van der Waals surface area contributed by atoms with Crippen molar-refractivity contribution in [3.8, 4) is 0 Å². The lowest BCUT2D eigenvalue weighted by atomic mass is 10.0. The summed E-state index contributed by atoms with van der Waals surface area (Å²) in [6.07, 6.45) is 0. The molecule has 0 aliphatic carbocycles. The summed E-state index contributed by atoms with van der Waals surface area (Å²) >= 11 is 4.10. The second-order valence-electron chi connectivity index (χ2n) is 5.66. The van der Waals surface area contributed by atoms with E-state index in [1.54, 1.807) is 18.9 Å². The molecule has 1 fully saturated rings. The van der Waals surface area contributed by atoms with Gasteiger partial charge in [-0.1, -0.05) is 12.1 Å². The molecule has 2 N–H and O–H groups in total. The minimum atomic E-state index is -0.538. The van der Waals surface area contributed by atoms with Gasteiger partial charge < -0.3 is 10.5 Å². The molecule has 0 radical (unpaired) electrons. The summed E-state index contributed by atoms with van der Waals surface area (Å²) in [5.41, 5.74) is 7.98. The van der Waals surface area contributed by atoms with Crippen molar-refractivity contribution in [2.45, 2.75) is 15.8 Å². The molecule has 1 aromatic carbocycles. The maximum absolute atomic E-state index is 12.9. The Hall–Kier alpha value is -1.39. The number of hydrogen-bond donors (Lipinski definition) is 1. The summed E-state index contributed by atoms with van der Waals surface area (Å²) in [7, 11) is 1.58. The molecule has 2 aromatic rings. The number of carbonyl (C=O) groups is 2. The highest BCUT2D eigenvalue weighted by molar-refractivity contribution is 8.15. The van der Waals surface area contributed by atoms with Crippen molar-refractivity contribution >= 4 is 56.1 Å². The van der Waals surface area contributed by atoms with Gasteiger partial charge in [-0.3, -0.25) is 14.5 Å². The Morgan fingerprint density at radius 1 is 1.48 bits per heavy atom. The third-order valence-corrected chi connectivity index (χ3v) is 7.39. The van der Waals surface area contributed by atoms with E-state index >= 15 is 0 Å². The van der Waals surface area contributed by atoms with Crippen LogP contribution in [-0.2, 0) is 14.3 Å². The zero-order valence-corrected chi connectivity index (χ0v) is 15.7. The van der Waals surface area contributed by atoms with Crippen molar-refractivity contribution < 1.29 is 14.3 Å². The first-order chi connectivity index (χ1) is 12.1. The largest absolute Gasteiger partial charge is 0.380 e. The Balaban J connectivity index is 1.64. The fraction of sp³-hybridized carbons (Fsp3) is 0.312. The van der Waals surface area contributed by atoms with Crippen LogP contribution in [0.1, 0.15) is 0 Å². The minimum absolute atomic E-state index is 0.164. The molecule has 2 atom stereocenters. The van der Waals surface area contributed by atoms with E-state index in [0.29, 0.717) is 22.4 Å². The van der Waals surface area contributed by atoms with Gasteiger partial charge in [-0.2, -0.15) is 0 Å². The Morgan fingerprint density at radius 3 is 3.04 bits per heavy atom. The summed E-state index contributed by atoms with van der Waals surface area (Å²) in [6, 6.07) is 7.22. The average Bonchev–Trinajstić information content (AvgIpc) is 3.03. The molecule has 1 unspecified atom stereocenters. The monoisotopic (exact) mass is 393 g/mol. The maximum Gasteiger partial charge on any atom is 0.248 e. The lowest BCUT2D eigenvalue weighted by Gasteiger charge is -2.48. The third-order valence-electron chi connectivity index (χ3n) is 4.05. The van der Waals surface area contributed by atoms with Crippen LogP contribution in [0.5, 0.6) is 0 Å². The fourth-order valence-electron chi connectivity index (χ4n) is 2.88. The van der Waals surface area contributed by atoms with Gasteiger partial charge in [0.15, 0.2) is 4.34 Å². The van der Waals surface area contributed by atoms with Crippen LogP contribution in [0.25, 0.3) is 10.2 Å². The van der Waals surface area contributed by atoms with E-state index in [-0.39, 0.29) is 16.4 Å². The Morgan fingerprint density at radius 2 is 2.28 bits per heavy atom. The summed E-state index contributed by atoms with van der Waals surface area (Å²) in [5, 5.41) is -0.348. The molecule has 4 rings (SSSR count). The number of fused-ring (bicyclic) bond motifs is 2. The lowest BCUT2D eigenvalue weighted by molar-refractivity contribution is -0.142. The molecule has 1 saturated heterocycles. The number of benzene rings is 1. The first-order valence-electron chi connectivity index (χ1n) is 7.59. The molecular weight excluding hydrogens is 378 g/mol. The molecule has 3 heterocycles. The van der Waals surface area contributed by atoms with E-state index in [4.69, 9.17) is 10.5 Å². The fourth-order valence-corrected chi connectivity index (χ4v) is 6.15. The number of carbonyl (C=O) groups excluding carboxylic acids is 2. The van der Waals surface area contributed by atoms with E-state index in [1.807, 2.05) is 24.3 Å². The minimum Gasteiger partial charge on any atom is -0.380 e. The van der Waals surface area contributed by atoms with Crippen LogP contribution in [0.2, 0.25) is 0 Å². The van der Waals surface area contributed by atoms with Crippen LogP contribution >= 0.6 is 34.9 Å². The number of aromatic nitrogens is 1. The first kappa shape index (κ1) is 17.0. The van der Waals surface area contributed by atoms with Gasteiger partial charge in [-0.15, -0.1) is 23.1 Å². The Kier molecular flexibility index (Phi) is 4.59. The van der Waals surface area contributed by atoms with Crippen LogP contribution in [0.3, 0.4) is 0 Å². The van der Waals surface area contributed by atoms with Gasteiger partial charge in [0.25, 0.3) is 0 Å². The zero-order chi connectivity index (χ0) is 17.6. The predicted octanol–water partition coefficient (Wildman–Crippen LogP) is 2.06. The number of thioether (sulfide) groups is 2. The van der Waals surface area contributed by atoms with E-state index < -0.39 is 6.04 Å². The Bertz CT molecular complexity index is 862. The molecule has 2 aliphatic heterocycles. The maximum atomic E-state index is 12.9. The number of thiazole rings is 1. The molecule has 1 amide bonds. The van der Waals surface area contributed by atoms with Crippen molar-refractivity contribution in [3.05, 3.63) is 35.5 Å². The molecule has 9 heteroatoms. The highest BCUT2D eigenvalue weighted by Gasteiger charge is 2.51. The standard InChI is InChI=1S/C16H15N3O3S3/c1-22-6-8-7-23-14-11(17)13(20)19(14)12(8)15(21)25-16-18-9-4-2-3-5-10(9)24-16/h2-5,11,14H,6-7,17H2,1H3/t11?,14-/m1/s1. The number of methoxy groups -OCH3 is 1. The number of hydrogen-bond acceptors (Lipinski definition) is 8. The van der Waals surface area contributed by atoms with Crippen LogP contribution in [-0.4, -0.2) is 51.8 Å². The topological polar surface area (TPSA) is 85.5 Å². The molecule has 130 valence electrons. The predicted molar refractivity (Wildman–Crippen MR) is 100 cm³/mol. The van der Waals surface area contributed by atoms with Gasteiger partial charge in [0.05, 0.1) is 16.8 Å². The number of rotatable bonds is 4. The van der Waals surface area contributed by atoms with Gasteiger partial charge in [0, 0.05) is 12.9 Å². The van der Waals surface area contributed by atoms with Gasteiger partial charge in [0.1, 0.15) is 17.1 Å². The quantitative estimate of drug-likeness (QED) is 0.628. The zero-order valence-electron chi connectivity index (χ0n) is 13.3. The molecular formula is C16H15N3O3S3. The molecule has 25 heavy (non-hydrogen) atoms. The van der Waals surface area contributed by atoms with E-state index in [1.165, 1.54) is 16.2 Å². The summed E-state index contributed by atoms with van der Waals surface area (Å²) in [5.74, 6) is 0.427. The molecule has 6 nitrogen and oxygen atoms in total. The van der Waals surface area contributed by atoms with Crippen molar-refractivity contribution in [1.29, 1.82) is 0 Å². The smallest absolute Gasteiger partial charge is 0.248 e. The molecule has 0 saturated carbocycles. The number of para-hydroxylation sites is 1. The molecule has 0 bridgehead atoms. The van der Waals surface area contributed by atoms with Gasteiger partial charge in [-0.05, 0) is 29.5 Å². The average molecular weight is 394 g/mol. The summed E-state index contributed by atoms with van der Waals surface area (Å²) in [4.78, 5) is 31.1. The van der Waals surface area contributed by atoms with Crippen LogP contribution in [0, 0.1) is 0 Å². The van der Waals surface area contributed by atoms with Crippen LogP contribution in [0.15, 0.2) is 39.9 Å². The summed E-state index contributed by atoms with van der Waals surface area (Å²) in [6.45, 7) is 0.320. The van der Waals surface area contributed by atoms with Crippen LogP contribution < -0.4 is 5.73 Å². The second kappa shape index (κ2) is 6.73. The lowest BCUT2D eigenvalue weighted by Crippen LogP contribution is -2.68. The second-order valence-corrected chi connectivity index (χ2v) is 9.01. The number of ether oxygens (including phenoxy) is 1. The van der Waals surface area contributed by atoms with Gasteiger partial charge in [-0.25, -0.2) is 4.98 Å².